The topological polar surface area (TPSA) is 30.5 Å². The van der Waals surface area contributed by atoms with Gasteiger partial charge in [-0.1, -0.05) is 74.3 Å². The third kappa shape index (κ3) is 6.72. The lowest BCUT2D eigenvalue weighted by atomic mass is 9.80. The van der Waals surface area contributed by atoms with Crippen molar-refractivity contribution in [1.82, 2.24) is 5.32 Å². The maximum Gasteiger partial charge on any atom is 0.121 e. The van der Waals surface area contributed by atoms with Gasteiger partial charge >= 0.3 is 0 Å². The van der Waals surface area contributed by atoms with Gasteiger partial charge in [-0.3, -0.25) is 0 Å². The first kappa shape index (κ1) is 25.7. The molecule has 1 aliphatic carbocycles. The van der Waals surface area contributed by atoms with Crippen LogP contribution in [0.1, 0.15) is 46.5 Å². The fourth-order valence-corrected chi connectivity index (χ4v) is 4.50. The summed E-state index contributed by atoms with van der Waals surface area (Å²) in [5.41, 5.74) is 1.72. The van der Waals surface area contributed by atoms with Gasteiger partial charge in [0.1, 0.15) is 11.7 Å². The van der Waals surface area contributed by atoms with Crippen molar-refractivity contribution in [3.05, 3.63) is 57.1 Å². The highest BCUT2D eigenvalue weighted by Gasteiger charge is 2.45. The molecule has 0 aromatic carbocycles. The molecule has 1 saturated heterocycles. The number of piperidine rings is 1. The van der Waals surface area contributed by atoms with E-state index in [2.05, 4.69) is 38.7 Å². The summed E-state index contributed by atoms with van der Waals surface area (Å²) >= 11 is 18.5. The maximum absolute atomic E-state index is 6.55. The fraction of sp³-hybridized carbons (Fsp3) is 0.583. The van der Waals surface area contributed by atoms with Crippen molar-refractivity contribution in [2.45, 2.75) is 58.2 Å². The predicted molar refractivity (Wildman–Crippen MR) is 129 cm³/mol. The molecule has 1 N–H and O–H groups in total. The molecular formula is C24H34Cl3NO2. The van der Waals surface area contributed by atoms with Crippen LogP contribution in [0.5, 0.6) is 0 Å². The highest BCUT2D eigenvalue weighted by atomic mass is 35.5. The zero-order chi connectivity index (χ0) is 22.1. The zero-order valence-corrected chi connectivity index (χ0v) is 20.5. The van der Waals surface area contributed by atoms with E-state index in [1.165, 1.54) is 0 Å². The molecule has 2 aliphatic rings. The minimum atomic E-state index is -0.532. The van der Waals surface area contributed by atoms with Crippen LogP contribution >= 0.6 is 34.8 Å². The smallest absolute Gasteiger partial charge is 0.121 e. The van der Waals surface area contributed by atoms with Gasteiger partial charge in [0.25, 0.3) is 0 Å². The monoisotopic (exact) mass is 473 g/mol. The molecule has 0 amide bonds. The van der Waals surface area contributed by atoms with Gasteiger partial charge in [0, 0.05) is 23.2 Å². The molecular weight excluding hydrogens is 441 g/mol. The minimum absolute atomic E-state index is 0.142. The van der Waals surface area contributed by atoms with E-state index in [-0.39, 0.29) is 6.10 Å². The van der Waals surface area contributed by atoms with Crippen LogP contribution in [0.25, 0.3) is 0 Å². The quantitative estimate of drug-likeness (QED) is 0.352. The molecule has 6 heteroatoms. The second-order valence-electron chi connectivity index (χ2n) is 7.92. The molecule has 0 saturated carbocycles. The Morgan fingerprint density at radius 3 is 2.77 bits per heavy atom. The number of hydrogen-bond donors (Lipinski definition) is 1. The number of halogens is 3. The molecule has 0 bridgehead atoms. The summed E-state index contributed by atoms with van der Waals surface area (Å²) in [6, 6.07) is 0. The normalized spacial score (nSPS) is 28.2. The van der Waals surface area contributed by atoms with E-state index in [0.717, 1.165) is 43.4 Å². The summed E-state index contributed by atoms with van der Waals surface area (Å²) in [5, 5.41) is 5.29. The average Bonchev–Trinajstić information content (AvgIpc) is 2.71. The van der Waals surface area contributed by atoms with Gasteiger partial charge in [0.15, 0.2) is 0 Å². The first-order valence-electron chi connectivity index (χ1n) is 10.8. The Morgan fingerprint density at radius 2 is 2.10 bits per heavy atom. The van der Waals surface area contributed by atoms with E-state index in [1.54, 1.807) is 0 Å². The van der Waals surface area contributed by atoms with Crippen LogP contribution in [-0.4, -0.2) is 38.0 Å². The third-order valence-electron chi connectivity index (χ3n) is 5.58. The maximum atomic E-state index is 6.55. The van der Waals surface area contributed by atoms with Gasteiger partial charge in [-0.05, 0) is 61.4 Å². The number of rotatable bonds is 10. The van der Waals surface area contributed by atoms with Gasteiger partial charge in [-0.2, -0.15) is 0 Å². The van der Waals surface area contributed by atoms with Crippen molar-refractivity contribution < 1.29 is 9.47 Å². The van der Waals surface area contributed by atoms with Crippen molar-refractivity contribution in [2.75, 3.05) is 26.3 Å². The predicted octanol–water partition coefficient (Wildman–Crippen LogP) is 6.83. The van der Waals surface area contributed by atoms with E-state index in [1.807, 2.05) is 18.2 Å². The Morgan fingerprint density at radius 1 is 1.33 bits per heavy atom. The van der Waals surface area contributed by atoms with Gasteiger partial charge in [0.2, 0.25) is 0 Å². The van der Waals surface area contributed by atoms with Crippen LogP contribution in [0, 0.1) is 5.92 Å². The lowest BCUT2D eigenvalue weighted by Crippen LogP contribution is -2.58. The second-order valence-corrected chi connectivity index (χ2v) is 9.27. The molecule has 0 spiro atoms. The van der Waals surface area contributed by atoms with Crippen molar-refractivity contribution in [3.8, 4) is 0 Å². The van der Waals surface area contributed by atoms with Gasteiger partial charge in [0.05, 0.1) is 11.6 Å². The third-order valence-corrected chi connectivity index (χ3v) is 6.50. The lowest BCUT2D eigenvalue weighted by Gasteiger charge is -2.45. The Balaban J connectivity index is 2.32. The van der Waals surface area contributed by atoms with Crippen LogP contribution in [0.15, 0.2) is 57.1 Å². The summed E-state index contributed by atoms with van der Waals surface area (Å²) in [6.07, 6.45) is 11.3. The molecule has 3 atom stereocenters. The summed E-state index contributed by atoms with van der Waals surface area (Å²) in [6.45, 7) is 12.9. The zero-order valence-electron chi connectivity index (χ0n) is 18.3. The Hall–Kier alpha value is -0.550. The molecule has 0 radical (unpaired) electrons. The van der Waals surface area contributed by atoms with Crippen LogP contribution in [0.2, 0.25) is 0 Å². The first-order valence-corrected chi connectivity index (χ1v) is 11.9. The second kappa shape index (κ2) is 12.5. The Labute approximate surface area is 196 Å². The highest BCUT2D eigenvalue weighted by Crippen LogP contribution is 2.37. The van der Waals surface area contributed by atoms with Crippen LogP contribution < -0.4 is 5.32 Å². The average molecular weight is 475 g/mol. The number of hydrogen-bond acceptors (Lipinski definition) is 3. The van der Waals surface area contributed by atoms with Crippen molar-refractivity contribution in [1.29, 1.82) is 0 Å². The molecule has 0 aromatic heterocycles. The molecule has 1 heterocycles. The summed E-state index contributed by atoms with van der Waals surface area (Å²) in [4.78, 5) is 0. The van der Waals surface area contributed by atoms with Crippen LogP contribution in [0.4, 0.5) is 0 Å². The van der Waals surface area contributed by atoms with Crippen molar-refractivity contribution in [2.24, 2.45) is 5.92 Å². The van der Waals surface area contributed by atoms with E-state index < -0.39 is 5.60 Å². The van der Waals surface area contributed by atoms with Gasteiger partial charge in [-0.25, -0.2) is 0 Å². The van der Waals surface area contributed by atoms with E-state index in [4.69, 9.17) is 44.3 Å². The summed E-state index contributed by atoms with van der Waals surface area (Å²) < 4.78 is 13.1. The lowest BCUT2D eigenvalue weighted by molar-refractivity contribution is -0.133. The molecule has 2 rings (SSSR count). The van der Waals surface area contributed by atoms with E-state index in [9.17, 15) is 0 Å². The van der Waals surface area contributed by atoms with Gasteiger partial charge < -0.3 is 14.8 Å². The minimum Gasteiger partial charge on any atom is -0.369 e. The molecule has 3 nitrogen and oxygen atoms in total. The van der Waals surface area contributed by atoms with Crippen LogP contribution in [-0.2, 0) is 9.47 Å². The standard InChI is InChI=1S/C24H34Cl3NO2/c1-5-7-20(9-8-18(4)25)24(30-12-6-2)10-11-28-15-23(24)29-16-19-14-22(27)21(26)13-17(19)3/h7-9,14,17,23,28H,4-6,10-13,15-16H2,1-3H3/b9-8-,20-7+. The van der Waals surface area contributed by atoms with Gasteiger partial charge in [-0.15, -0.1) is 0 Å². The fourth-order valence-electron chi connectivity index (χ4n) is 3.93. The molecule has 1 fully saturated rings. The SMILES string of the molecule is C=C(Cl)/C=C\C(=C/CC)C1(OCCC)CCNCC1OCC1=CC(Cl)=C(Cl)CC1C. The summed E-state index contributed by atoms with van der Waals surface area (Å²) in [5.74, 6) is 0.299. The first-order chi connectivity index (χ1) is 14.3. The molecule has 0 aromatic rings. The van der Waals surface area contributed by atoms with E-state index in [0.29, 0.717) is 40.8 Å². The number of allylic oxidation sites excluding steroid dienone is 6. The van der Waals surface area contributed by atoms with Crippen molar-refractivity contribution >= 4 is 34.8 Å². The largest absolute Gasteiger partial charge is 0.369 e. The van der Waals surface area contributed by atoms with Crippen LogP contribution in [0.3, 0.4) is 0 Å². The molecule has 30 heavy (non-hydrogen) atoms. The molecule has 3 unspecified atom stereocenters. The van der Waals surface area contributed by atoms with Crippen molar-refractivity contribution in [3.63, 3.8) is 0 Å². The molecule has 168 valence electrons. The van der Waals surface area contributed by atoms with E-state index >= 15 is 0 Å². The highest BCUT2D eigenvalue weighted by molar-refractivity contribution is 6.40. The Bertz CT molecular complexity index is 726. The number of ether oxygens (including phenoxy) is 2. The number of nitrogens with one attached hydrogen (secondary N) is 1. The Kier molecular flexibility index (Phi) is 10.7. The summed E-state index contributed by atoms with van der Waals surface area (Å²) in [7, 11) is 0. The molecule has 1 aliphatic heterocycles.